The Labute approximate surface area is 180 Å². The third-order valence-electron chi connectivity index (χ3n) is 6.87. The first-order valence-electron chi connectivity index (χ1n) is 10.7. The van der Waals surface area contributed by atoms with Crippen LogP contribution in [0.15, 0.2) is 66.7 Å². The fraction of sp³-hybridized carbons (Fsp3) is 0.280. The summed E-state index contributed by atoms with van der Waals surface area (Å²) in [5.41, 5.74) is 1.72. The van der Waals surface area contributed by atoms with E-state index in [1.54, 1.807) is 7.11 Å². The Hall–Kier alpha value is -3.22. The molecule has 0 N–H and O–H groups in total. The molecule has 3 saturated heterocycles. The Morgan fingerprint density at radius 2 is 1.52 bits per heavy atom. The van der Waals surface area contributed by atoms with Crippen molar-refractivity contribution < 1.29 is 14.3 Å². The van der Waals surface area contributed by atoms with Crippen LogP contribution in [-0.2, 0) is 9.59 Å². The molecule has 3 atom stereocenters. The van der Waals surface area contributed by atoms with Gasteiger partial charge in [0.15, 0.2) is 0 Å². The average molecular weight is 413 g/mol. The summed E-state index contributed by atoms with van der Waals surface area (Å²) in [6.07, 6.45) is 0.992. The molecule has 0 spiro atoms. The first kappa shape index (κ1) is 18.5. The number of methoxy groups -OCH3 is 1. The summed E-state index contributed by atoms with van der Waals surface area (Å²) in [5.74, 6) is 0.138. The average Bonchev–Trinajstić information content (AvgIpc) is 3.46. The molecule has 0 aliphatic carbocycles. The van der Waals surface area contributed by atoms with Gasteiger partial charge in [-0.1, -0.05) is 48.5 Å². The lowest BCUT2D eigenvalue weighted by molar-refractivity contribution is -0.126. The van der Waals surface area contributed by atoms with Crippen molar-refractivity contribution >= 4 is 28.3 Å². The van der Waals surface area contributed by atoms with Gasteiger partial charge >= 0.3 is 0 Å². The predicted molar refractivity (Wildman–Crippen MR) is 117 cm³/mol. The van der Waals surface area contributed by atoms with E-state index in [0.29, 0.717) is 5.69 Å². The van der Waals surface area contributed by atoms with Gasteiger partial charge in [0.05, 0.1) is 24.8 Å². The molecule has 3 heterocycles. The number of carbonyl (C=O) groups excluding carboxylic acids is 2. The second-order valence-electron chi connectivity index (χ2n) is 8.38. The summed E-state index contributed by atoms with van der Waals surface area (Å²) < 4.78 is 5.31. The van der Waals surface area contributed by atoms with E-state index in [9.17, 15) is 9.59 Å². The minimum atomic E-state index is -0.443. The van der Waals surface area contributed by atoms with Crippen molar-refractivity contribution in [2.24, 2.45) is 5.92 Å². The summed E-state index contributed by atoms with van der Waals surface area (Å²) >= 11 is 0. The number of nitrogens with zero attached hydrogens (tertiary/aromatic N) is 3. The number of hydrazine groups is 1. The number of anilines is 1. The fourth-order valence-corrected chi connectivity index (χ4v) is 5.56. The van der Waals surface area contributed by atoms with E-state index in [2.05, 4.69) is 10.0 Å². The topological polar surface area (TPSA) is 53.1 Å². The Balaban J connectivity index is 1.46. The SMILES string of the molecule is COc1ccc([C@H]2[C@H]3C(=O)N(c4cccc5ccccc45)C(=O)[C@@H]3N3CCCN23)cc1. The summed E-state index contributed by atoms with van der Waals surface area (Å²) in [5, 5.41) is 6.30. The monoisotopic (exact) mass is 413 g/mol. The van der Waals surface area contributed by atoms with Crippen LogP contribution in [0, 0.1) is 5.92 Å². The lowest BCUT2D eigenvalue weighted by Crippen LogP contribution is -2.44. The lowest BCUT2D eigenvalue weighted by atomic mass is 9.90. The predicted octanol–water partition coefficient (Wildman–Crippen LogP) is 3.38. The normalized spacial score (nSPS) is 26.0. The molecule has 2 amide bonds. The Morgan fingerprint density at radius 1 is 0.806 bits per heavy atom. The maximum atomic E-state index is 13.8. The zero-order chi connectivity index (χ0) is 21.1. The number of rotatable bonds is 3. The molecular formula is C25H23N3O3. The van der Waals surface area contributed by atoms with Crippen LogP contribution in [-0.4, -0.2) is 48.1 Å². The maximum Gasteiger partial charge on any atom is 0.253 e. The van der Waals surface area contributed by atoms with Crippen LogP contribution in [0.1, 0.15) is 18.0 Å². The van der Waals surface area contributed by atoms with E-state index in [-0.39, 0.29) is 17.9 Å². The Bertz CT molecular complexity index is 1190. The largest absolute Gasteiger partial charge is 0.497 e. The van der Waals surface area contributed by atoms with Gasteiger partial charge in [-0.05, 0) is 35.6 Å². The quantitative estimate of drug-likeness (QED) is 0.616. The number of imide groups is 1. The number of hydrogen-bond donors (Lipinski definition) is 0. The number of carbonyl (C=O) groups is 2. The van der Waals surface area contributed by atoms with E-state index in [0.717, 1.165) is 41.6 Å². The van der Waals surface area contributed by atoms with E-state index in [4.69, 9.17) is 4.74 Å². The van der Waals surface area contributed by atoms with Gasteiger partial charge in [0.2, 0.25) is 5.91 Å². The van der Waals surface area contributed by atoms with E-state index < -0.39 is 12.0 Å². The molecule has 3 aliphatic rings. The second-order valence-corrected chi connectivity index (χ2v) is 8.38. The third kappa shape index (κ3) is 2.58. The number of amides is 2. The molecule has 3 aromatic rings. The van der Waals surface area contributed by atoms with Crippen LogP contribution >= 0.6 is 0 Å². The van der Waals surface area contributed by atoms with Gasteiger partial charge in [-0.3, -0.25) is 9.59 Å². The maximum absolute atomic E-state index is 13.8. The van der Waals surface area contributed by atoms with Crippen molar-refractivity contribution in [3.63, 3.8) is 0 Å². The summed E-state index contributed by atoms with van der Waals surface area (Å²) in [7, 11) is 1.64. The molecule has 6 rings (SSSR count). The molecule has 0 radical (unpaired) electrons. The third-order valence-corrected chi connectivity index (χ3v) is 6.87. The summed E-state index contributed by atoms with van der Waals surface area (Å²) in [6.45, 7) is 1.66. The molecule has 31 heavy (non-hydrogen) atoms. The molecule has 3 fully saturated rings. The molecule has 0 unspecified atom stereocenters. The van der Waals surface area contributed by atoms with Crippen LogP contribution in [0.3, 0.4) is 0 Å². The van der Waals surface area contributed by atoms with Crippen molar-refractivity contribution in [2.75, 3.05) is 25.1 Å². The van der Waals surface area contributed by atoms with Gasteiger partial charge in [0.1, 0.15) is 11.8 Å². The molecule has 3 aromatic carbocycles. The van der Waals surface area contributed by atoms with E-state index >= 15 is 0 Å². The van der Waals surface area contributed by atoms with Gasteiger partial charge in [0, 0.05) is 18.5 Å². The zero-order valence-corrected chi connectivity index (χ0v) is 17.3. The number of fused-ring (bicyclic) bond motifs is 4. The zero-order valence-electron chi connectivity index (χ0n) is 17.3. The molecule has 0 bridgehead atoms. The van der Waals surface area contributed by atoms with E-state index in [1.165, 1.54) is 4.90 Å². The molecule has 6 nitrogen and oxygen atoms in total. The smallest absolute Gasteiger partial charge is 0.253 e. The molecule has 0 saturated carbocycles. The van der Waals surface area contributed by atoms with Crippen LogP contribution in [0.4, 0.5) is 5.69 Å². The molecular weight excluding hydrogens is 390 g/mol. The highest BCUT2D eigenvalue weighted by Gasteiger charge is 2.62. The van der Waals surface area contributed by atoms with Gasteiger partial charge in [-0.2, -0.15) is 0 Å². The number of ether oxygens (including phenoxy) is 1. The highest BCUT2D eigenvalue weighted by molar-refractivity contribution is 6.26. The highest BCUT2D eigenvalue weighted by atomic mass is 16.5. The number of benzene rings is 3. The van der Waals surface area contributed by atoms with Gasteiger partial charge in [0.25, 0.3) is 5.91 Å². The first-order chi connectivity index (χ1) is 15.2. The van der Waals surface area contributed by atoms with Crippen molar-refractivity contribution in [3.8, 4) is 5.75 Å². The van der Waals surface area contributed by atoms with Crippen LogP contribution in [0.25, 0.3) is 10.8 Å². The molecule has 6 heteroatoms. The number of hydrogen-bond acceptors (Lipinski definition) is 5. The summed E-state index contributed by atoms with van der Waals surface area (Å²) in [4.78, 5) is 28.9. The van der Waals surface area contributed by atoms with Crippen molar-refractivity contribution in [2.45, 2.75) is 18.5 Å². The minimum Gasteiger partial charge on any atom is -0.497 e. The Morgan fingerprint density at radius 3 is 2.29 bits per heavy atom. The molecule has 3 aliphatic heterocycles. The van der Waals surface area contributed by atoms with Crippen LogP contribution < -0.4 is 9.64 Å². The molecule has 156 valence electrons. The first-order valence-corrected chi connectivity index (χ1v) is 10.7. The Kier molecular flexibility index (Phi) is 4.13. The second kappa shape index (κ2) is 6.90. The summed E-state index contributed by atoms with van der Waals surface area (Å²) in [6, 6.07) is 21.0. The fourth-order valence-electron chi connectivity index (χ4n) is 5.56. The molecule has 0 aromatic heterocycles. The lowest BCUT2D eigenvalue weighted by Gasteiger charge is -2.30. The standard InChI is InChI=1S/C25H23N3O3/c1-31-18-12-10-17(11-13-18)22-21-23(27-15-5-14-26(22)27)25(30)28(24(21)29)20-9-4-7-16-6-2-3-8-19(16)20/h2-4,6-13,21-23H,5,14-15H2,1H3/t21-,22+,23-/m1/s1. The van der Waals surface area contributed by atoms with E-state index in [1.807, 2.05) is 66.7 Å². The minimum absolute atomic E-state index is 0.110. The van der Waals surface area contributed by atoms with Crippen molar-refractivity contribution in [1.29, 1.82) is 0 Å². The van der Waals surface area contributed by atoms with Crippen LogP contribution in [0.5, 0.6) is 5.75 Å². The van der Waals surface area contributed by atoms with Gasteiger partial charge in [-0.25, -0.2) is 14.9 Å². The van der Waals surface area contributed by atoms with Gasteiger partial charge in [-0.15, -0.1) is 0 Å². The highest BCUT2D eigenvalue weighted by Crippen LogP contribution is 2.49. The van der Waals surface area contributed by atoms with Crippen LogP contribution in [0.2, 0.25) is 0 Å². The van der Waals surface area contributed by atoms with Crippen molar-refractivity contribution in [3.05, 3.63) is 72.3 Å². The van der Waals surface area contributed by atoms with Gasteiger partial charge < -0.3 is 4.74 Å². The van der Waals surface area contributed by atoms with Crippen molar-refractivity contribution in [1.82, 2.24) is 10.0 Å².